The highest BCUT2D eigenvalue weighted by atomic mass is 16.3. The summed E-state index contributed by atoms with van der Waals surface area (Å²) in [5.41, 5.74) is 0.990. The number of nitroso groups, excluding NO2 is 1. The second-order valence-corrected chi connectivity index (χ2v) is 8.87. The van der Waals surface area contributed by atoms with E-state index in [1.807, 2.05) is 0 Å². The van der Waals surface area contributed by atoms with Gasteiger partial charge in [0.1, 0.15) is 6.04 Å². The van der Waals surface area contributed by atoms with Gasteiger partial charge in [0.05, 0.1) is 0 Å². The van der Waals surface area contributed by atoms with Gasteiger partial charge in [0.2, 0.25) is 0 Å². The monoisotopic (exact) mass is 287 g/mol. The lowest BCUT2D eigenvalue weighted by Crippen LogP contribution is -2.51. The molecule has 3 saturated carbocycles. The number of rotatable bonds is 1. The predicted molar refractivity (Wildman–Crippen MR) is 85.8 cm³/mol. The van der Waals surface area contributed by atoms with E-state index >= 15 is 0 Å². The van der Waals surface area contributed by atoms with Gasteiger partial charge < -0.3 is 0 Å². The van der Waals surface area contributed by atoms with Gasteiger partial charge in [-0.1, -0.05) is 37.6 Å². The van der Waals surface area contributed by atoms with Crippen LogP contribution < -0.4 is 0 Å². The summed E-state index contributed by atoms with van der Waals surface area (Å²) in [5.74, 6) is 3.47. The van der Waals surface area contributed by atoms with Crippen molar-refractivity contribution in [1.82, 2.24) is 0 Å². The van der Waals surface area contributed by atoms with Crippen LogP contribution in [-0.4, -0.2) is 6.04 Å². The highest BCUT2D eigenvalue weighted by Gasteiger charge is 2.56. The smallest absolute Gasteiger partial charge is 0.110 e. The van der Waals surface area contributed by atoms with Gasteiger partial charge in [-0.15, -0.1) is 0 Å². The van der Waals surface area contributed by atoms with Crippen LogP contribution >= 0.6 is 0 Å². The molecule has 0 heterocycles. The van der Waals surface area contributed by atoms with E-state index < -0.39 is 0 Å². The Labute approximate surface area is 128 Å². The third-order valence-corrected chi connectivity index (χ3v) is 8.08. The van der Waals surface area contributed by atoms with Crippen LogP contribution in [0.5, 0.6) is 0 Å². The molecule has 0 saturated heterocycles. The van der Waals surface area contributed by atoms with E-state index in [2.05, 4.69) is 31.2 Å². The maximum absolute atomic E-state index is 10.9. The number of hydrogen-bond donors (Lipinski definition) is 0. The van der Waals surface area contributed by atoms with Gasteiger partial charge in [-0.05, 0) is 79.4 Å². The SMILES string of the molecule is C[C@@]12CCC[C@H]1[C@@H]1CCC3CC(N=O)C=C[C@]3(C)[C@@H]1CC2. The molecule has 2 nitrogen and oxygen atoms in total. The molecule has 4 aliphatic carbocycles. The first-order valence-corrected chi connectivity index (χ1v) is 9.09. The molecule has 116 valence electrons. The summed E-state index contributed by atoms with van der Waals surface area (Å²) < 4.78 is 0. The fourth-order valence-electron chi connectivity index (χ4n) is 6.86. The molecule has 0 aromatic carbocycles. The van der Waals surface area contributed by atoms with E-state index in [-0.39, 0.29) is 6.04 Å². The fraction of sp³-hybridized carbons (Fsp3) is 0.895. The Morgan fingerprint density at radius 1 is 1.05 bits per heavy atom. The van der Waals surface area contributed by atoms with Crippen LogP contribution in [0, 0.1) is 39.4 Å². The molecule has 2 unspecified atom stereocenters. The van der Waals surface area contributed by atoms with Crippen molar-refractivity contribution in [1.29, 1.82) is 0 Å². The maximum atomic E-state index is 10.9. The van der Waals surface area contributed by atoms with E-state index in [1.54, 1.807) is 0 Å². The largest absolute Gasteiger partial charge is 0.150 e. The summed E-state index contributed by atoms with van der Waals surface area (Å²) in [6.07, 6.45) is 15.5. The van der Waals surface area contributed by atoms with Crippen molar-refractivity contribution in [2.45, 2.75) is 71.3 Å². The number of fused-ring (bicyclic) bond motifs is 5. The van der Waals surface area contributed by atoms with Gasteiger partial charge in [0.15, 0.2) is 0 Å². The normalized spacial score (nSPS) is 55.4. The standard InChI is InChI=1S/C19H29NO/c1-18-9-3-4-16(18)15-6-5-13-12-14(20-21)7-11-19(13,2)17(15)8-10-18/h7,11,13-17H,3-6,8-10,12H2,1-2H3/t13?,14?,15-,16-,17+,18-,19-/m0/s1. The Hall–Kier alpha value is -0.660. The van der Waals surface area contributed by atoms with E-state index in [0.717, 1.165) is 24.2 Å². The third kappa shape index (κ3) is 1.90. The van der Waals surface area contributed by atoms with Crippen LogP contribution in [0.2, 0.25) is 0 Å². The molecule has 0 N–H and O–H groups in total. The van der Waals surface area contributed by atoms with Crippen LogP contribution in [0.1, 0.15) is 65.2 Å². The van der Waals surface area contributed by atoms with Crippen molar-refractivity contribution in [3.63, 3.8) is 0 Å². The lowest BCUT2D eigenvalue weighted by Gasteiger charge is -2.58. The average molecular weight is 287 g/mol. The van der Waals surface area contributed by atoms with Crippen LogP contribution in [0.4, 0.5) is 0 Å². The minimum Gasteiger partial charge on any atom is -0.150 e. The molecule has 0 aromatic rings. The maximum Gasteiger partial charge on any atom is 0.110 e. The van der Waals surface area contributed by atoms with Crippen LogP contribution in [-0.2, 0) is 0 Å². The van der Waals surface area contributed by atoms with Crippen molar-refractivity contribution in [3.8, 4) is 0 Å². The number of nitrogens with zero attached hydrogens (tertiary/aromatic N) is 1. The molecule has 0 spiro atoms. The number of allylic oxidation sites excluding steroid dienone is 1. The Bertz CT molecular complexity index is 472. The molecule has 0 radical (unpaired) electrons. The van der Waals surface area contributed by atoms with Crippen molar-refractivity contribution < 1.29 is 0 Å². The molecular weight excluding hydrogens is 258 g/mol. The topological polar surface area (TPSA) is 29.4 Å². The molecule has 0 aliphatic heterocycles. The molecule has 2 heteroatoms. The van der Waals surface area contributed by atoms with Crippen molar-refractivity contribution in [2.75, 3.05) is 0 Å². The van der Waals surface area contributed by atoms with Crippen LogP contribution in [0.15, 0.2) is 17.3 Å². The summed E-state index contributed by atoms with van der Waals surface area (Å²) in [4.78, 5) is 10.9. The van der Waals surface area contributed by atoms with Gasteiger partial charge in [-0.2, -0.15) is 4.91 Å². The van der Waals surface area contributed by atoms with Crippen molar-refractivity contribution in [3.05, 3.63) is 17.1 Å². The van der Waals surface area contributed by atoms with Crippen molar-refractivity contribution >= 4 is 0 Å². The van der Waals surface area contributed by atoms with Gasteiger partial charge in [-0.3, -0.25) is 0 Å². The third-order valence-electron chi connectivity index (χ3n) is 8.08. The Balaban J connectivity index is 1.65. The lowest BCUT2D eigenvalue weighted by atomic mass is 9.46. The highest BCUT2D eigenvalue weighted by Crippen LogP contribution is 2.65. The Morgan fingerprint density at radius 3 is 2.71 bits per heavy atom. The zero-order valence-corrected chi connectivity index (χ0v) is 13.6. The molecule has 0 aromatic heterocycles. The minimum absolute atomic E-state index is 0.0556. The lowest BCUT2D eigenvalue weighted by molar-refractivity contribution is -0.0689. The summed E-state index contributed by atoms with van der Waals surface area (Å²) in [7, 11) is 0. The zero-order chi connectivity index (χ0) is 14.7. The van der Waals surface area contributed by atoms with E-state index in [9.17, 15) is 4.91 Å². The first-order valence-electron chi connectivity index (χ1n) is 9.09. The summed E-state index contributed by atoms with van der Waals surface area (Å²) in [6.45, 7) is 5.06. The molecular formula is C19H29NO. The van der Waals surface area contributed by atoms with Gasteiger partial charge in [-0.25, -0.2) is 0 Å². The Morgan fingerprint density at radius 2 is 1.90 bits per heavy atom. The molecule has 4 aliphatic rings. The van der Waals surface area contributed by atoms with Crippen LogP contribution in [0.25, 0.3) is 0 Å². The van der Waals surface area contributed by atoms with E-state index in [4.69, 9.17) is 0 Å². The quantitative estimate of drug-likeness (QED) is 0.473. The zero-order valence-electron chi connectivity index (χ0n) is 13.6. The van der Waals surface area contributed by atoms with Crippen LogP contribution in [0.3, 0.4) is 0 Å². The Kier molecular flexibility index (Phi) is 3.10. The molecule has 7 atom stereocenters. The number of hydrogen-bond acceptors (Lipinski definition) is 2. The molecule has 0 amide bonds. The second kappa shape index (κ2) is 4.67. The first kappa shape index (κ1) is 14.0. The minimum atomic E-state index is -0.0556. The first-order chi connectivity index (χ1) is 10.1. The van der Waals surface area contributed by atoms with Gasteiger partial charge >= 0.3 is 0 Å². The summed E-state index contributed by atoms with van der Waals surface area (Å²) in [6, 6.07) is -0.0556. The second-order valence-electron chi connectivity index (χ2n) is 8.87. The predicted octanol–water partition coefficient (Wildman–Crippen LogP) is 5.33. The summed E-state index contributed by atoms with van der Waals surface area (Å²) >= 11 is 0. The van der Waals surface area contributed by atoms with Gasteiger partial charge in [0, 0.05) is 0 Å². The van der Waals surface area contributed by atoms with Crippen molar-refractivity contribution in [2.24, 2.45) is 39.7 Å². The average Bonchev–Trinajstić information content (AvgIpc) is 2.88. The van der Waals surface area contributed by atoms with Gasteiger partial charge in [0.25, 0.3) is 0 Å². The van der Waals surface area contributed by atoms with E-state index in [0.29, 0.717) is 16.7 Å². The molecule has 21 heavy (non-hydrogen) atoms. The molecule has 3 fully saturated rings. The van der Waals surface area contributed by atoms with E-state index in [1.165, 1.54) is 44.9 Å². The highest BCUT2D eigenvalue weighted by molar-refractivity contribution is 5.17. The molecule has 4 rings (SSSR count). The fourth-order valence-corrected chi connectivity index (χ4v) is 6.86. The molecule has 0 bridgehead atoms. The summed E-state index contributed by atoms with van der Waals surface area (Å²) in [5, 5.41) is 3.30.